The standard InChI is InChI=1S/C18H24N4O2/c1-13-5-6-15-14(11-13)18(24)17-16(12-19-21(17)3)22(15)8-4-7-20(2)9-10-23/h5-6,11-12,23H,4,7-10H2,1-3H3. The van der Waals surface area contributed by atoms with Crippen LogP contribution in [0.25, 0.3) is 21.9 Å². The second kappa shape index (κ2) is 6.75. The lowest BCUT2D eigenvalue weighted by Gasteiger charge is -2.17. The van der Waals surface area contributed by atoms with Gasteiger partial charge >= 0.3 is 0 Å². The summed E-state index contributed by atoms with van der Waals surface area (Å²) in [5, 5.41) is 14.0. The Morgan fingerprint density at radius 2 is 2.04 bits per heavy atom. The molecule has 6 nitrogen and oxygen atoms in total. The van der Waals surface area contributed by atoms with Gasteiger partial charge in [-0.25, -0.2) is 0 Å². The van der Waals surface area contributed by atoms with E-state index in [0.29, 0.717) is 12.1 Å². The molecule has 0 spiro atoms. The number of rotatable bonds is 6. The monoisotopic (exact) mass is 328 g/mol. The summed E-state index contributed by atoms with van der Waals surface area (Å²) >= 11 is 0. The molecule has 0 bridgehead atoms. The number of aromatic nitrogens is 3. The highest BCUT2D eigenvalue weighted by molar-refractivity contribution is 5.92. The Kier molecular flexibility index (Phi) is 4.69. The van der Waals surface area contributed by atoms with Gasteiger partial charge in [-0.3, -0.25) is 9.48 Å². The van der Waals surface area contributed by atoms with Crippen LogP contribution in [0.4, 0.5) is 0 Å². The maximum absolute atomic E-state index is 12.8. The van der Waals surface area contributed by atoms with Crippen molar-refractivity contribution in [2.45, 2.75) is 19.9 Å². The number of likely N-dealkylation sites (N-methyl/N-ethyl adjacent to an activating group) is 1. The van der Waals surface area contributed by atoms with Gasteiger partial charge in [0.1, 0.15) is 5.52 Å². The number of hydrogen-bond donors (Lipinski definition) is 1. The molecule has 128 valence electrons. The summed E-state index contributed by atoms with van der Waals surface area (Å²) in [7, 11) is 3.81. The molecular formula is C18H24N4O2. The van der Waals surface area contributed by atoms with Crippen LogP contribution < -0.4 is 5.43 Å². The zero-order chi connectivity index (χ0) is 17.3. The summed E-state index contributed by atoms with van der Waals surface area (Å²) in [5.74, 6) is 0. The molecule has 0 fully saturated rings. The number of aryl methyl sites for hydroxylation is 3. The molecule has 0 atom stereocenters. The number of fused-ring (bicyclic) bond motifs is 2. The number of hydrogen-bond acceptors (Lipinski definition) is 4. The van der Waals surface area contributed by atoms with Gasteiger partial charge in [-0.05, 0) is 39.1 Å². The van der Waals surface area contributed by atoms with E-state index in [-0.39, 0.29) is 12.0 Å². The van der Waals surface area contributed by atoms with E-state index in [4.69, 9.17) is 5.11 Å². The highest BCUT2D eigenvalue weighted by Gasteiger charge is 2.14. The molecule has 0 aliphatic heterocycles. The number of benzene rings is 1. The molecule has 6 heteroatoms. The first kappa shape index (κ1) is 16.7. The fourth-order valence-corrected chi connectivity index (χ4v) is 3.23. The van der Waals surface area contributed by atoms with Crippen molar-refractivity contribution in [1.29, 1.82) is 0 Å². The van der Waals surface area contributed by atoms with Gasteiger partial charge in [0.15, 0.2) is 0 Å². The molecule has 2 heterocycles. The lowest BCUT2D eigenvalue weighted by atomic mass is 10.1. The van der Waals surface area contributed by atoms with Crippen LogP contribution in [0.1, 0.15) is 12.0 Å². The number of pyridine rings is 1. The van der Waals surface area contributed by atoms with Crippen molar-refractivity contribution in [3.63, 3.8) is 0 Å². The third-order valence-electron chi connectivity index (χ3n) is 4.52. The molecule has 0 amide bonds. The first-order valence-electron chi connectivity index (χ1n) is 8.27. The number of aliphatic hydroxyl groups is 1. The molecule has 0 aliphatic rings. The van der Waals surface area contributed by atoms with E-state index in [2.05, 4.69) is 14.6 Å². The molecule has 1 aromatic carbocycles. The fraction of sp³-hybridized carbons (Fsp3) is 0.444. The summed E-state index contributed by atoms with van der Waals surface area (Å²) in [5.41, 5.74) is 3.60. The Bertz CT molecular complexity index is 926. The predicted octanol–water partition coefficient (Wildman–Crippen LogP) is 1.51. The number of nitrogens with zero attached hydrogens (tertiary/aromatic N) is 4. The minimum Gasteiger partial charge on any atom is -0.395 e. The van der Waals surface area contributed by atoms with Crippen molar-refractivity contribution < 1.29 is 5.11 Å². The largest absolute Gasteiger partial charge is 0.395 e. The highest BCUT2D eigenvalue weighted by Crippen LogP contribution is 2.20. The summed E-state index contributed by atoms with van der Waals surface area (Å²) in [6.07, 6.45) is 2.71. The van der Waals surface area contributed by atoms with Crippen LogP contribution in [0.3, 0.4) is 0 Å². The van der Waals surface area contributed by atoms with Crippen LogP contribution in [0.2, 0.25) is 0 Å². The van der Waals surface area contributed by atoms with E-state index < -0.39 is 0 Å². The maximum Gasteiger partial charge on any atom is 0.215 e. The summed E-state index contributed by atoms with van der Waals surface area (Å²) < 4.78 is 3.85. The minimum atomic E-state index is 0.0392. The average Bonchev–Trinajstić information content (AvgIpc) is 2.93. The SMILES string of the molecule is Cc1ccc2c(c1)c(=O)c1c(cnn1C)n2CCCN(C)CCO. The second-order valence-electron chi connectivity index (χ2n) is 6.38. The smallest absolute Gasteiger partial charge is 0.215 e. The second-order valence-corrected chi connectivity index (χ2v) is 6.38. The quantitative estimate of drug-likeness (QED) is 0.745. The molecule has 24 heavy (non-hydrogen) atoms. The van der Waals surface area contributed by atoms with Gasteiger partial charge in [0.05, 0.1) is 23.8 Å². The van der Waals surface area contributed by atoms with Crippen molar-refractivity contribution in [3.8, 4) is 0 Å². The Balaban J connectivity index is 2.07. The van der Waals surface area contributed by atoms with E-state index >= 15 is 0 Å². The normalized spacial score (nSPS) is 11.9. The predicted molar refractivity (Wildman–Crippen MR) is 96.4 cm³/mol. The molecule has 0 saturated carbocycles. The van der Waals surface area contributed by atoms with Crippen LogP contribution in [-0.4, -0.2) is 51.1 Å². The molecule has 3 rings (SSSR count). The molecule has 0 aliphatic carbocycles. The van der Waals surface area contributed by atoms with E-state index in [9.17, 15) is 4.79 Å². The minimum absolute atomic E-state index is 0.0392. The van der Waals surface area contributed by atoms with Crippen LogP contribution >= 0.6 is 0 Å². The fourth-order valence-electron chi connectivity index (χ4n) is 3.23. The van der Waals surface area contributed by atoms with Gasteiger partial charge in [-0.1, -0.05) is 11.6 Å². The van der Waals surface area contributed by atoms with Crippen LogP contribution in [0.5, 0.6) is 0 Å². The van der Waals surface area contributed by atoms with E-state index in [1.165, 1.54) is 0 Å². The Hall–Kier alpha value is -2.18. The zero-order valence-corrected chi connectivity index (χ0v) is 14.5. The van der Waals surface area contributed by atoms with Crippen LogP contribution in [0.15, 0.2) is 29.2 Å². The van der Waals surface area contributed by atoms with Crippen molar-refractivity contribution in [3.05, 3.63) is 40.2 Å². The molecule has 0 radical (unpaired) electrons. The summed E-state index contributed by atoms with van der Waals surface area (Å²) in [4.78, 5) is 14.9. The molecule has 1 N–H and O–H groups in total. The van der Waals surface area contributed by atoms with Gasteiger partial charge in [-0.2, -0.15) is 5.10 Å². The van der Waals surface area contributed by atoms with Gasteiger partial charge < -0.3 is 14.6 Å². The van der Waals surface area contributed by atoms with E-state index in [1.807, 2.05) is 39.2 Å². The summed E-state index contributed by atoms with van der Waals surface area (Å²) in [6, 6.07) is 6.02. The summed E-state index contributed by atoms with van der Waals surface area (Å²) in [6.45, 7) is 4.54. The average molecular weight is 328 g/mol. The van der Waals surface area contributed by atoms with Crippen molar-refractivity contribution in [2.75, 3.05) is 26.7 Å². The van der Waals surface area contributed by atoms with Crippen molar-refractivity contribution in [1.82, 2.24) is 19.2 Å². The Morgan fingerprint density at radius 3 is 2.79 bits per heavy atom. The lowest BCUT2D eigenvalue weighted by Crippen LogP contribution is -2.24. The Labute approximate surface area is 140 Å². The highest BCUT2D eigenvalue weighted by atomic mass is 16.3. The lowest BCUT2D eigenvalue weighted by molar-refractivity contribution is 0.219. The topological polar surface area (TPSA) is 63.3 Å². The maximum atomic E-state index is 12.8. The van der Waals surface area contributed by atoms with Gasteiger partial charge in [0.2, 0.25) is 5.43 Å². The third-order valence-corrected chi connectivity index (χ3v) is 4.52. The first-order chi connectivity index (χ1) is 11.5. The molecule has 3 aromatic rings. The zero-order valence-electron chi connectivity index (χ0n) is 14.5. The van der Waals surface area contributed by atoms with Crippen LogP contribution in [-0.2, 0) is 13.6 Å². The van der Waals surface area contributed by atoms with E-state index in [0.717, 1.165) is 41.5 Å². The first-order valence-corrected chi connectivity index (χ1v) is 8.27. The van der Waals surface area contributed by atoms with E-state index in [1.54, 1.807) is 10.9 Å². The third kappa shape index (κ3) is 2.95. The number of aliphatic hydroxyl groups excluding tert-OH is 1. The molecule has 0 unspecified atom stereocenters. The molecule has 0 saturated heterocycles. The molecule has 2 aromatic heterocycles. The molecular weight excluding hydrogens is 304 g/mol. The van der Waals surface area contributed by atoms with Gasteiger partial charge in [0, 0.05) is 25.5 Å². The van der Waals surface area contributed by atoms with Gasteiger partial charge in [0.25, 0.3) is 0 Å². The van der Waals surface area contributed by atoms with Crippen LogP contribution in [0, 0.1) is 6.92 Å². The van der Waals surface area contributed by atoms with Crippen molar-refractivity contribution in [2.24, 2.45) is 7.05 Å². The Morgan fingerprint density at radius 1 is 1.25 bits per heavy atom. The van der Waals surface area contributed by atoms with Gasteiger partial charge in [-0.15, -0.1) is 0 Å². The van der Waals surface area contributed by atoms with Crippen molar-refractivity contribution >= 4 is 21.9 Å².